The first-order valence-electron chi connectivity index (χ1n) is 9.22. The molecule has 0 saturated heterocycles. The monoisotopic (exact) mass is 376 g/mol. The molecule has 27 heavy (non-hydrogen) atoms. The summed E-state index contributed by atoms with van der Waals surface area (Å²) < 4.78 is 1.77. The van der Waals surface area contributed by atoms with Crippen LogP contribution in [-0.2, 0) is 19.4 Å². The van der Waals surface area contributed by atoms with Crippen LogP contribution in [0.2, 0.25) is 0 Å². The van der Waals surface area contributed by atoms with Gasteiger partial charge in [0.25, 0.3) is 0 Å². The molecule has 1 aliphatic carbocycles. The molecule has 0 spiro atoms. The summed E-state index contributed by atoms with van der Waals surface area (Å²) in [6.07, 6.45) is 10.7. The minimum Gasteiger partial charge on any atom is -0.365 e. The molecular weight excluding hydrogens is 356 g/mol. The van der Waals surface area contributed by atoms with Crippen LogP contribution < -0.4 is 5.32 Å². The second-order valence-electron chi connectivity index (χ2n) is 7.08. The van der Waals surface area contributed by atoms with Crippen LogP contribution in [0.25, 0.3) is 16.0 Å². The summed E-state index contributed by atoms with van der Waals surface area (Å²) in [5.74, 6) is 2.51. The Labute approximate surface area is 161 Å². The number of thiophene rings is 1. The Morgan fingerprint density at radius 2 is 2.22 bits per heavy atom. The molecule has 0 aromatic carbocycles. The molecule has 5 rings (SSSR count). The first-order valence-corrected chi connectivity index (χ1v) is 10.0. The minimum atomic E-state index is 0.684. The smallest absolute Gasteiger partial charge is 0.153 e. The van der Waals surface area contributed by atoms with Gasteiger partial charge in [0.1, 0.15) is 17.0 Å². The molecule has 0 radical (unpaired) electrons. The fourth-order valence-corrected chi connectivity index (χ4v) is 5.05. The highest BCUT2D eigenvalue weighted by molar-refractivity contribution is 7.19. The van der Waals surface area contributed by atoms with Gasteiger partial charge < -0.3 is 5.32 Å². The Kier molecular flexibility index (Phi) is 4.09. The second kappa shape index (κ2) is 6.74. The van der Waals surface area contributed by atoms with Gasteiger partial charge in [0, 0.05) is 30.0 Å². The Morgan fingerprint density at radius 3 is 3.11 bits per heavy atom. The highest BCUT2D eigenvalue weighted by Crippen LogP contribution is 2.39. The third-order valence-electron chi connectivity index (χ3n) is 5.10. The maximum atomic E-state index is 4.54. The molecule has 136 valence electrons. The van der Waals surface area contributed by atoms with Gasteiger partial charge in [-0.25, -0.2) is 19.6 Å². The maximum Gasteiger partial charge on any atom is 0.153 e. The van der Waals surface area contributed by atoms with Gasteiger partial charge in [0.15, 0.2) is 5.82 Å². The number of aromatic nitrogens is 5. The summed E-state index contributed by atoms with van der Waals surface area (Å²) in [6.45, 7) is 3.02. The third kappa shape index (κ3) is 3.08. The number of fused-ring (bicyclic) bond motifs is 3. The Morgan fingerprint density at radius 1 is 1.26 bits per heavy atom. The van der Waals surface area contributed by atoms with Gasteiger partial charge in [0.05, 0.1) is 5.39 Å². The Hall–Kier alpha value is -2.80. The zero-order chi connectivity index (χ0) is 18.2. The van der Waals surface area contributed by atoms with Gasteiger partial charge in [-0.15, -0.1) is 11.3 Å². The lowest BCUT2D eigenvalue weighted by molar-refractivity contribution is 0.509. The van der Waals surface area contributed by atoms with E-state index in [1.165, 1.54) is 22.2 Å². The number of nitrogens with one attached hydrogen (secondary N) is 1. The fourth-order valence-electron chi connectivity index (χ4n) is 3.70. The maximum absolute atomic E-state index is 4.54. The van der Waals surface area contributed by atoms with Crippen molar-refractivity contribution in [1.82, 2.24) is 24.7 Å². The molecular formula is C20H20N6S. The van der Waals surface area contributed by atoms with E-state index in [0.29, 0.717) is 6.54 Å². The molecule has 4 aromatic heterocycles. The Balaban J connectivity index is 1.43. The van der Waals surface area contributed by atoms with Crippen LogP contribution in [0.5, 0.6) is 0 Å². The normalized spacial score (nSPS) is 16.4. The molecule has 0 saturated carbocycles. The van der Waals surface area contributed by atoms with Crippen molar-refractivity contribution in [3.63, 3.8) is 0 Å². The van der Waals surface area contributed by atoms with Crippen molar-refractivity contribution in [1.29, 1.82) is 0 Å². The van der Waals surface area contributed by atoms with Crippen LogP contribution >= 0.6 is 11.3 Å². The average Bonchev–Trinajstić information content (AvgIpc) is 3.34. The molecule has 0 amide bonds. The SMILES string of the molecule is CC1CCc2c(sc3ncnc(NCc4ccnc(-n5cccn5)c4)c23)C1. The van der Waals surface area contributed by atoms with Crippen molar-refractivity contribution in [2.24, 2.45) is 5.92 Å². The molecule has 1 aliphatic rings. The molecule has 1 unspecified atom stereocenters. The number of pyridine rings is 1. The van der Waals surface area contributed by atoms with E-state index in [1.54, 1.807) is 17.2 Å². The standard InChI is InChI=1S/C20H20N6S/c1-13-3-4-15-16(9-13)27-20-18(15)19(23-12-24-20)22-11-14-5-7-21-17(10-14)26-8-2-6-25-26/h2,5-8,10,12-13H,3-4,9,11H2,1H3,(H,22,23,24). The molecule has 4 heterocycles. The van der Waals surface area contributed by atoms with Crippen molar-refractivity contribution >= 4 is 27.4 Å². The molecule has 1 atom stereocenters. The van der Waals surface area contributed by atoms with Gasteiger partial charge in [-0.1, -0.05) is 6.92 Å². The lowest BCUT2D eigenvalue weighted by Crippen LogP contribution is -2.09. The van der Waals surface area contributed by atoms with Crippen LogP contribution in [0, 0.1) is 5.92 Å². The predicted molar refractivity (Wildman–Crippen MR) is 107 cm³/mol. The first kappa shape index (κ1) is 16.4. The third-order valence-corrected chi connectivity index (χ3v) is 6.26. The molecule has 4 aromatic rings. The van der Waals surface area contributed by atoms with Gasteiger partial charge in [-0.05, 0) is 54.5 Å². The van der Waals surface area contributed by atoms with E-state index in [1.807, 2.05) is 41.9 Å². The van der Waals surface area contributed by atoms with E-state index in [2.05, 4.69) is 32.3 Å². The van der Waals surface area contributed by atoms with Gasteiger partial charge >= 0.3 is 0 Å². The van der Waals surface area contributed by atoms with Crippen LogP contribution in [-0.4, -0.2) is 24.7 Å². The number of aryl methyl sites for hydroxylation is 1. The van der Waals surface area contributed by atoms with Crippen molar-refractivity contribution in [2.45, 2.75) is 32.7 Å². The summed E-state index contributed by atoms with van der Waals surface area (Å²) >= 11 is 1.83. The molecule has 6 nitrogen and oxygen atoms in total. The van der Waals surface area contributed by atoms with E-state index in [9.17, 15) is 0 Å². The summed E-state index contributed by atoms with van der Waals surface area (Å²) in [7, 11) is 0. The van der Waals surface area contributed by atoms with Gasteiger partial charge in [-0.3, -0.25) is 0 Å². The second-order valence-corrected chi connectivity index (χ2v) is 8.16. The largest absolute Gasteiger partial charge is 0.365 e. The van der Waals surface area contributed by atoms with Crippen molar-refractivity contribution in [3.8, 4) is 5.82 Å². The van der Waals surface area contributed by atoms with Gasteiger partial charge in [-0.2, -0.15) is 5.10 Å². The fraction of sp³-hybridized carbons (Fsp3) is 0.300. The number of hydrogen-bond acceptors (Lipinski definition) is 6. The summed E-state index contributed by atoms with van der Waals surface area (Å²) in [5, 5.41) is 8.98. The molecule has 1 N–H and O–H groups in total. The van der Waals surface area contributed by atoms with Gasteiger partial charge in [0.2, 0.25) is 0 Å². The topological polar surface area (TPSA) is 68.5 Å². The zero-order valence-electron chi connectivity index (χ0n) is 15.1. The summed E-state index contributed by atoms with van der Waals surface area (Å²) in [4.78, 5) is 16.0. The van der Waals surface area contributed by atoms with Crippen molar-refractivity contribution in [3.05, 3.63) is 59.1 Å². The van der Waals surface area contributed by atoms with E-state index >= 15 is 0 Å². The highest BCUT2D eigenvalue weighted by Gasteiger charge is 2.22. The van der Waals surface area contributed by atoms with E-state index in [-0.39, 0.29) is 0 Å². The van der Waals surface area contributed by atoms with Crippen molar-refractivity contribution in [2.75, 3.05) is 5.32 Å². The van der Waals surface area contributed by atoms with Crippen LogP contribution in [0.15, 0.2) is 43.1 Å². The number of anilines is 1. The molecule has 0 fully saturated rings. The molecule has 0 bridgehead atoms. The minimum absolute atomic E-state index is 0.684. The van der Waals surface area contributed by atoms with E-state index < -0.39 is 0 Å². The first-order chi connectivity index (χ1) is 13.3. The molecule has 7 heteroatoms. The highest BCUT2D eigenvalue weighted by atomic mass is 32.1. The Bertz CT molecular complexity index is 1090. The van der Waals surface area contributed by atoms with Crippen molar-refractivity contribution < 1.29 is 0 Å². The summed E-state index contributed by atoms with van der Waals surface area (Å²) in [6, 6.07) is 5.96. The number of rotatable bonds is 4. The molecule has 0 aliphatic heterocycles. The van der Waals surface area contributed by atoms with Crippen LogP contribution in [0.4, 0.5) is 5.82 Å². The van der Waals surface area contributed by atoms with E-state index in [0.717, 1.165) is 40.8 Å². The quantitative estimate of drug-likeness (QED) is 0.583. The lowest BCUT2D eigenvalue weighted by Gasteiger charge is -2.18. The number of nitrogens with zero attached hydrogens (tertiary/aromatic N) is 5. The van der Waals surface area contributed by atoms with Crippen LogP contribution in [0.1, 0.15) is 29.3 Å². The van der Waals surface area contributed by atoms with E-state index in [4.69, 9.17) is 0 Å². The van der Waals surface area contributed by atoms with Crippen LogP contribution in [0.3, 0.4) is 0 Å². The number of hydrogen-bond donors (Lipinski definition) is 1. The lowest BCUT2D eigenvalue weighted by atomic mass is 9.89. The summed E-state index contributed by atoms with van der Waals surface area (Å²) in [5.41, 5.74) is 2.59. The zero-order valence-corrected chi connectivity index (χ0v) is 15.9. The average molecular weight is 376 g/mol. The predicted octanol–water partition coefficient (Wildman–Crippen LogP) is 4.01.